The van der Waals surface area contributed by atoms with E-state index in [0.29, 0.717) is 24.2 Å². The van der Waals surface area contributed by atoms with Gasteiger partial charge in [0.05, 0.1) is 12.0 Å². The van der Waals surface area contributed by atoms with Gasteiger partial charge in [-0.2, -0.15) is 4.98 Å². The first-order valence-electron chi connectivity index (χ1n) is 7.30. The largest absolute Gasteiger partial charge is 0.481 e. The first-order chi connectivity index (χ1) is 10.2. The van der Waals surface area contributed by atoms with Gasteiger partial charge in [-0.15, -0.1) is 0 Å². The number of piperidine rings is 1. The number of hydrogen-bond acceptors (Lipinski definition) is 6. The smallest absolute Gasteiger partial charge is 0.311 e. The third-order valence-electron chi connectivity index (χ3n) is 3.79. The molecule has 1 saturated heterocycles. The summed E-state index contributed by atoms with van der Waals surface area (Å²) in [6.07, 6.45) is 2.29. The summed E-state index contributed by atoms with van der Waals surface area (Å²) in [7, 11) is 1.51. The van der Waals surface area contributed by atoms with Gasteiger partial charge in [0.15, 0.2) is 0 Å². The molecule has 0 saturated carbocycles. The zero-order chi connectivity index (χ0) is 15.2. The van der Waals surface area contributed by atoms with Crippen molar-refractivity contribution in [1.82, 2.24) is 10.3 Å². The van der Waals surface area contributed by atoms with Gasteiger partial charge in [0.1, 0.15) is 0 Å². The molecule has 0 amide bonds. The van der Waals surface area contributed by atoms with Crippen molar-refractivity contribution in [3.8, 4) is 5.88 Å². The Hall–Kier alpha value is -1.89. The molecule has 1 atom stereocenters. The van der Waals surface area contributed by atoms with Crippen LogP contribution in [0.2, 0.25) is 0 Å². The molecule has 0 radical (unpaired) electrons. The molecule has 0 aromatic carbocycles. The topological polar surface area (TPSA) is 80.5 Å². The zero-order valence-corrected chi connectivity index (χ0v) is 12.5. The predicted molar refractivity (Wildman–Crippen MR) is 80.9 cm³/mol. The van der Waals surface area contributed by atoms with Gasteiger partial charge in [-0.05, 0) is 38.8 Å². The van der Waals surface area contributed by atoms with E-state index in [1.54, 1.807) is 0 Å². The fraction of sp³-hybridized carbons (Fsp3) is 0.643. The highest BCUT2D eigenvalue weighted by molar-refractivity contribution is 5.59. The van der Waals surface area contributed by atoms with E-state index in [0.717, 1.165) is 32.5 Å². The maximum Gasteiger partial charge on any atom is 0.311 e. The minimum atomic E-state index is -0.385. The maximum atomic E-state index is 11.2. The van der Waals surface area contributed by atoms with Crippen LogP contribution in [0.3, 0.4) is 0 Å². The number of rotatable bonds is 6. The Balaban J connectivity index is 2.24. The van der Waals surface area contributed by atoms with E-state index in [4.69, 9.17) is 4.74 Å². The molecule has 0 spiro atoms. The second-order valence-corrected chi connectivity index (χ2v) is 5.20. The number of nitrogens with zero attached hydrogens (tertiary/aromatic N) is 3. The Morgan fingerprint density at radius 2 is 2.38 bits per heavy atom. The van der Waals surface area contributed by atoms with Gasteiger partial charge in [0.2, 0.25) is 11.7 Å². The molecule has 116 valence electrons. The molecule has 1 aliphatic heterocycles. The van der Waals surface area contributed by atoms with E-state index in [1.807, 2.05) is 11.8 Å². The highest BCUT2D eigenvalue weighted by Crippen LogP contribution is 2.29. The van der Waals surface area contributed by atoms with Crippen LogP contribution in [0, 0.1) is 16.0 Å². The van der Waals surface area contributed by atoms with Crippen LogP contribution in [0.1, 0.15) is 19.8 Å². The number of ether oxygens (including phenoxy) is 1. The lowest BCUT2D eigenvalue weighted by Crippen LogP contribution is -2.38. The summed E-state index contributed by atoms with van der Waals surface area (Å²) in [6, 6.07) is 2.99. The van der Waals surface area contributed by atoms with Gasteiger partial charge in [0, 0.05) is 25.2 Å². The molecule has 0 bridgehead atoms. The van der Waals surface area contributed by atoms with Crippen molar-refractivity contribution < 1.29 is 9.66 Å². The zero-order valence-electron chi connectivity index (χ0n) is 12.5. The highest BCUT2D eigenvalue weighted by atomic mass is 16.6. The lowest BCUT2D eigenvalue weighted by atomic mass is 9.99. The molecule has 1 fully saturated rings. The summed E-state index contributed by atoms with van der Waals surface area (Å²) in [5.41, 5.74) is 0.0291. The molecule has 0 aliphatic carbocycles. The number of pyridine rings is 1. The van der Waals surface area contributed by atoms with Crippen LogP contribution in [0.4, 0.5) is 11.5 Å². The van der Waals surface area contributed by atoms with Crippen molar-refractivity contribution in [2.45, 2.75) is 19.8 Å². The summed E-state index contributed by atoms with van der Waals surface area (Å²) >= 11 is 0. The number of anilines is 1. The maximum absolute atomic E-state index is 11.2. The summed E-state index contributed by atoms with van der Waals surface area (Å²) in [5, 5.41) is 14.6. The molecule has 2 heterocycles. The minimum Gasteiger partial charge on any atom is -0.481 e. The Bertz CT molecular complexity index is 489. The molecular weight excluding hydrogens is 272 g/mol. The van der Waals surface area contributed by atoms with E-state index in [2.05, 4.69) is 10.3 Å². The normalized spacial score (nSPS) is 18.3. The lowest BCUT2D eigenvalue weighted by Gasteiger charge is -2.30. The Morgan fingerprint density at radius 3 is 2.95 bits per heavy atom. The second kappa shape index (κ2) is 7.21. The van der Waals surface area contributed by atoms with Crippen LogP contribution >= 0.6 is 0 Å². The number of aromatic nitrogens is 1. The number of methoxy groups -OCH3 is 1. The second-order valence-electron chi connectivity index (χ2n) is 5.20. The SMILES string of the molecule is CCN(CC1CCCNC1)c1nc(OC)ccc1[N+](=O)[O-]. The molecule has 1 unspecified atom stereocenters. The predicted octanol–water partition coefficient (Wildman–Crippen LogP) is 1.82. The number of hydrogen-bond donors (Lipinski definition) is 1. The fourth-order valence-electron chi connectivity index (χ4n) is 2.67. The van der Waals surface area contributed by atoms with E-state index in [-0.39, 0.29) is 10.6 Å². The van der Waals surface area contributed by atoms with Crippen LogP contribution in [-0.2, 0) is 0 Å². The van der Waals surface area contributed by atoms with Crippen molar-refractivity contribution in [2.24, 2.45) is 5.92 Å². The Labute approximate surface area is 124 Å². The molecule has 7 nitrogen and oxygen atoms in total. The van der Waals surface area contributed by atoms with Crippen molar-refractivity contribution >= 4 is 11.5 Å². The summed E-state index contributed by atoms with van der Waals surface area (Å²) in [6.45, 7) is 5.44. The summed E-state index contributed by atoms with van der Waals surface area (Å²) < 4.78 is 5.10. The lowest BCUT2D eigenvalue weighted by molar-refractivity contribution is -0.384. The van der Waals surface area contributed by atoms with E-state index in [9.17, 15) is 10.1 Å². The van der Waals surface area contributed by atoms with Gasteiger partial charge < -0.3 is 15.0 Å². The molecule has 1 aromatic rings. The van der Waals surface area contributed by atoms with E-state index in [1.165, 1.54) is 19.2 Å². The molecule has 1 aliphatic rings. The van der Waals surface area contributed by atoms with Gasteiger partial charge in [-0.1, -0.05) is 0 Å². The van der Waals surface area contributed by atoms with Crippen molar-refractivity contribution in [2.75, 3.05) is 38.2 Å². The first-order valence-corrected chi connectivity index (χ1v) is 7.30. The fourth-order valence-corrected chi connectivity index (χ4v) is 2.67. The van der Waals surface area contributed by atoms with Gasteiger partial charge in [-0.3, -0.25) is 10.1 Å². The van der Waals surface area contributed by atoms with Crippen LogP contribution in [0.15, 0.2) is 12.1 Å². The van der Waals surface area contributed by atoms with Crippen molar-refractivity contribution in [3.05, 3.63) is 22.2 Å². The summed E-state index contributed by atoms with van der Waals surface area (Å²) in [5.74, 6) is 1.29. The van der Waals surface area contributed by atoms with Crippen LogP contribution in [-0.4, -0.2) is 43.2 Å². The molecule has 1 aromatic heterocycles. The quantitative estimate of drug-likeness (QED) is 0.637. The third-order valence-corrected chi connectivity index (χ3v) is 3.79. The van der Waals surface area contributed by atoms with Gasteiger partial charge in [-0.25, -0.2) is 0 Å². The minimum absolute atomic E-state index is 0.0291. The monoisotopic (exact) mass is 294 g/mol. The Morgan fingerprint density at radius 1 is 1.57 bits per heavy atom. The molecule has 1 N–H and O–H groups in total. The number of nitrogens with one attached hydrogen (secondary N) is 1. The van der Waals surface area contributed by atoms with Gasteiger partial charge >= 0.3 is 5.69 Å². The van der Waals surface area contributed by atoms with E-state index < -0.39 is 0 Å². The van der Waals surface area contributed by atoms with Crippen LogP contribution < -0.4 is 15.0 Å². The standard InChI is InChI=1S/C14H22N4O3/c1-3-17(10-11-5-4-8-15-9-11)14-12(18(19)20)6-7-13(16-14)21-2/h6-7,11,15H,3-5,8-10H2,1-2H3. The number of nitro groups is 1. The Kier molecular flexibility index (Phi) is 5.32. The third kappa shape index (κ3) is 3.81. The first kappa shape index (κ1) is 15.5. The highest BCUT2D eigenvalue weighted by Gasteiger charge is 2.24. The molecular formula is C14H22N4O3. The molecule has 2 rings (SSSR count). The summed E-state index contributed by atoms with van der Waals surface area (Å²) in [4.78, 5) is 17.1. The van der Waals surface area contributed by atoms with Gasteiger partial charge in [0.25, 0.3) is 0 Å². The molecule has 7 heteroatoms. The van der Waals surface area contributed by atoms with Crippen LogP contribution in [0.5, 0.6) is 5.88 Å². The average Bonchev–Trinajstić information content (AvgIpc) is 2.52. The molecule has 21 heavy (non-hydrogen) atoms. The van der Waals surface area contributed by atoms with Crippen molar-refractivity contribution in [1.29, 1.82) is 0 Å². The van der Waals surface area contributed by atoms with Crippen LogP contribution in [0.25, 0.3) is 0 Å². The van der Waals surface area contributed by atoms with E-state index >= 15 is 0 Å². The van der Waals surface area contributed by atoms with Crippen molar-refractivity contribution in [3.63, 3.8) is 0 Å². The average molecular weight is 294 g/mol.